The minimum absolute atomic E-state index is 0.0678. The summed E-state index contributed by atoms with van der Waals surface area (Å²) in [7, 11) is 0. The summed E-state index contributed by atoms with van der Waals surface area (Å²) in [6.45, 7) is 3.83. The third-order valence-electron chi connectivity index (χ3n) is 11.2. The number of phenolic OH excluding ortho intramolecular Hbond substituents is 1. The number of nitrogens with zero attached hydrogens (tertiary/aromatic N) is 5. The minimum Gasteiger partial charge on any atom is -0.508 e. The van der Waals surface area contributed by atoms with Gasteiger partial charge in [-0.3, -0.25) is 9.88 Å². The van der Waals surface area contributed by atoms with Gasteiger partial charge in [-0.05, 0) is 62.7 Å². The number of aromatic hydroxyl groups is 1. The smallest absolute Gasteiger partial charge is 0.319 e. The van der Waals surface area contributed by atoms with E-state index in [1.54, 1.807) is 11.8 Å². The van der Waals surface area contributed by atoms with E-state index >= 15 is 4.39 Å². The van der Waals surface area contributed by atoms with E-state index in [0.29, 0.717) is 18.5 Å². The number of likely N-dealkylation sites (tertiary alicyclic amines) is 1. The molecule has 4 aliphatic rings. The van der Waals surface area contributed by atoms with E-state index < -0.39 is 29.1 Å². The third-order valence-corrected chi connectivity index (χ3v) is 11.2. The maximum atomic E-state index is 17.0. The summed E-state index contributed by atoms with van der Waals surface area (Å²) in [5, 5.41) is 22.5. The molecular weight excluding hydrogens is 666 g/mol. The molecule has 13 heteroatoms. The van der Waals surface area contributed by atoms with Gasteiger partial charge in [0.25, 0.3) is 5.92 Å². The number of alkyl halides is 2. The van der Waals surface area contributed by atoms with Crippen molar-refractivity contribution in [2.24, 2.45) is 11.3 Å². The number of β-amino-alcohol motifs (C(OH)–C–C–N with tert-alkyl or cyclic N) is 1. The molecular formula is C38H39F4N5O4. The minimum atomic E-state index is -2.59. The first-order chi connectivity index (χ1) is 24.4. The van der Waals surface area contributed by atoms with Crippen LogP contribution in [-0.4, -0.2) is 93.6 Å². The molecule has 2 aromatic carbocycles. The van der Waals surface area contributed by atoms with Crippen LogP contribution in [0.15, 0.2) is 30.5 Å². The van der Waals surface area contributed by atoms with Gasteiger partial charge >= 0.3 is 6.01 Å². The predicted molar refractivity (Wildman–Crippen MR) is 183 cm³/mol. The van der Waals surface area contributed by atoms with Crippen molar-refractivity contribution in [1.29, 1.82) is 0 Å². The molecule has 2 aliphatic heterocycles. The Labute approximate surface area is 292 Å². The van der Waals surface area contributed by atoms with Gasteiger partial charge < -0.3 is 24.6 Å². The fraction of sp³-hybridized carbons (Fsp3) is 0.500. The standard InChI is InChI=1S/C38H39F4N5O4/c1-3-25-28(39)8-7-22-14-24(48)15-26(30(22)25)32-31(40)33-27(17-43-32)34(47-12-13-50-20-36(2,49)19-47)45-35(44-33)51-21-37-9-4-6-29(37)46(11-5-10-37)18-23-16-38(23,41)42/h1,7-8,14-15,17,23,29,48-49H,4-6,9-13,16,18-21H2,2H3. The Hall–Kier alpha value is -4.25. The molecule has 2 saturated carbocycles. The van der Waals surface area contributed by atoms with Crippen molar-refractivity contribution >= 4 is 27.5 Å². The van der Waals surface area contributed by atoms with Crippen LogP contribution >= 0.6 is 0 Å². The summed E-state index contributed by atoms with van der Waals surface area (Å²) in [4.78, 5) is 17.8. The number of terminal acetylenes is 1. The van der Waals surface area contributed by atoms with Crippen LogP contribution in [0.2, 0.25) is 0 Å². The number of hydrogen-bond acceptors (Lipinski definition) is 9. The average Bonchev–Trinajstić information content (AvgIpc) is 3.53. The fourth-order valence-corrected chi connectivity index (χ4v) is 8.64. The van der Waals surface area contributed by atoms with Crippen LogP contribution in [-0.2, 0) is 4.74 Å². The maximum absolute atomic E-state index is 17.0. The molecule has 4 atom stereocenters. The van der Waals surface area contributed by atoms with Crippen LogP contribution in [0, 0.1) is 35.3 Å². The number of ether oxygens (including phenoxy) is 2. The molecule has 0 spiro atoms. The number of halogens is 4. The number of benzene rings is 2. The van der Waals surface area contributed by atoms with Gasteiger partial charge in [-0.15, -0.1) is 6.42 Å². The highest BCUT2D eigenvalue weighted by molar-refractivity contribution is 6.03. The molecule has 8 rings (SSSR count). The number of anilines is 1. The zero-order valence-electron chi connectivity index (χ0n) is 28.3. The van der Waals surface area contributed by atoms with E-state index in [0.717, 1.165) is 38.6 Å². The van der Waals surface area contributed by atoms with Crippen LogP contribution in [0.1, 0.15) is 51.0 Å². The van der Waals surface area contributed by atoms with Crippen molar-refractivity contribution in [1.82, 2.24) is 19.9 Å². The van der Waals surface area contributed by atoms with Crippen LogP contribution in [0.5, 0.6) is 11.8 Å². The molecule has 0 bridgehead atoms. The predicted octanol–water partition coefficient (Wildman–Crippen LogP) is 6.07. The largest absolute Gasteiger partial charge is 0.508 e. The van der Waals surface area contributed by atoms with Crippen LogP contribution in [0.25, 0.3) is 32.9 Å². The topological polar surface area (TPSA) is 104 Å². The zero-order chi connectivity index (χ0) is 35.7. The van der Waals surface area contributed by atoms with Crippen LogP contribution in [0.4, 0.5) is 23.4 Å². The number of aliphatic hydroxyl groups is 1. The number of piperidine rings is 1. The molecule has 2 N–H and O–H groups in total. The lowest BCUT2D eigenvalue weighted by atomic mass is 9.75. The normalized spacial score (nSPS) is 27.7. The summed E-state index contributed by atoms with van der Waals surface area (Å²) in [5.74, 6) is -2.29. The van der Waals surface area contributed by atoms with Crippen LogP contribution in [0.3, 0.4) is 0 Å². The fourth-order valence-electron chi connectivity index (χ4n) is 8.64. The first kappa shape index (κ1) is 33.9. The van der Waals surface area contributed by atoms with Gasteiger partial charge in [0.15, 0.2) is 5.82 Å². The van der Waals surface area contributed by atoms with Gasteiger partial charge in [0, 0.05) is 54.0 Å². The van der Waals surface area contributed by atoms with E-state index in [-0.39, 0.29) is 94.9 Å². The second kappa shape index (κ2) is 12.5. The molecule has 2 aliphatic carbocycles. The van der Waals surface area contributed by atoms with Crippen molar-refractivity contribution < 1.29 is 37.2 Å². The number of fused-ring (bicyclic) bond motifs is 3. The van der Waals surface area contributed by atoms with Crippen LogP contribution < -0.4 is 9.64 Å². The average molecular weight is 706 g/mol. The molecule has 4 fully saturated rings. The number of phenols is 1. The van der Waals surface area contributed by atoms with Gasteiger partial charge in [0.1, 0.15) is 34.2 Å². The Bertz CT molecular complexity index is 2070. The Morgan fingerprint density at radius 2 is 1.94 bits per heavy atom. The number of pyridine rings is 1. The molecule has 4 unspecified atom stereocenters. The van der Waals surface area contributed by atoms with Crippen molar-refractivity contribution in [3.05, 3.63) is 47.7 Å². The van der Waals surface area contributed by atoms with Crippen molar-refractivity contribution in [3.63, 3.8) is 0 Å². The number of aromatic nitrogens is 3. The summed E-state index contributed by atoms with van der Waals surface area (Å²) >= 11 is 0. The summed E-state index contributed by atoms with van der Waals surface area (Å²) in [5.41, 5.74) is -1.87. The first-order valence-corrected chi connectivity index (χ1v) is 17.5. The molecule has 2 saturated heterocycles. The summed E-state index contributed by atoms with van der Waals surface area (Å²) in [6, 6.07) is 5.34. The molecule has 268 valence electrons. The van der Waals surface area contributed by atoms with E-state index in [4.69, 9.17) is 20.9 Å². The SMILES string of the molecule is C#Cc1c(F)ccc2cc(O)cc(-c3ncc4c(N5CCOCC(C)(O)C5)nc(OCC56CCCC5N(CC5CC5(F)F)CCC6)nc4c3F)c12. The Morgan fingerprint density at radius 1 is 1.14 bits per heavy atom. The second-order valence-electron chi connectivity index (χ2n) is 15.0. The van der Waals surface area contributed by atoms with Gasteiger partial charge in [-0.25, -0.2) is 17.6 Å². The highest BCUT2D eigenvalue weighted by atomic mass is 19.3. The Kier molecular flexibility index (Phi) is 8.27. The lowest BCUT2D eigenvalue weighted by Gasteiger charge is -2.46. The Balaban J connectivity index is 1.22. The van der Waals surface area contributed by atoms with E-state index in [1.807, 2.05) is 0 Å². The van der Waals surface area contributed by atoms with Gasteiger partial charge in [0.05, 0.1) is 37.3 Å². The van der Waals surface area contributed by atoms with Gasteiger partial charge in [-0.1, -0.05) is 18.4 Å². The van der Waals surface area contributed by atoms with Crippen molar-refractivity contribution in [2.45, 2.75) is 63.0 Å². The first-order valence-electron chi connectivity index (χ1n) is 17.5. The van der Waals surface area contributed by atoms with Gasteiger partial charge in [-0.2, -0.15) is 9.97 Å². The molecule has 9 nitrogen and oxygen atoms in total. The summed E-state index contributed by atoms with van der Waals surface area (Å²) < 4.78 is 71.7. The number of rotatable bonds is 7. The third kappa shape index (κ3) is 6.11. The van der Waals surface area contributed by atoms with E-state index in [9.17, 15) is 23.4 Å². The van der Waals surface area contributed by atoms with Gasteiger partial charge in [0.2, 0.25) is 0 Å². The molecule has 51 heavy (non-hydrogen) atoms. The van der Waals surface area contributed by atoms with Crippen molar-refractivity contribution in [3.8, 4) is 35.4 Å². The molecule has 4 heterocycles. The lowest BCUT2D eigenvalue weighted by molar-refractivity contribution is -0.0124. The van der Waals surface area contributed by atoms with Crippen molar-refractivity contribution in [2.75, 3.05) is 50.9 Å². The highest BCUT2D eigenvalue weighted by Gasteiger charge is 2.59. The quantitative estimate of drug-likeness (QED) is 0.175. The number of hydrogen-bond donors (Lipinski definition) is 2. The lowest BCUT2D eigenvalue weighted by Crippen LogP contribution is -2.52. The highest BCUT2D eigenvalue weighted by Crippen LogP contribution is 2.53. The molecule has 0 amide bonds. The molecule has 2 aromatic heterocycles. The summed E-state index contributed by atoms with van der Waals surface area (Å²) in [6.07, 6.45) is 11.4. The second-order valence-corrected chi connectivity index (χ2v) is 15.0. The zero-order valence-corrected chi connectivity index (χ0v) is 28.3. The van der Waals surface area contributed by atoms with E-state index in [2.05, 4.69) is 20.8 Å². The monoisotopic (exact) mass is 705 g/mol. The maximum Gasteiger partial charge on any atom is 0.319 e. The van der Waals surface area contributed by atoms with E-state index in [1.165, 1.54) is 30.5 Å². The molecule has 4 aromatic rings. The molecule has 0 radical (unpaired) electrons. The Morgan fingerprint density at radius 3 is 2.73 bits per heavy atom.